The molecule has 2 heterocycles. The van der Waals surface area contributed by atoms with Crippen LogP contribution in [-0.2, 0) is 20.7 Å². The van der Waals surface area contributed by atoms with Crippen LogP contribution in [0.25, 0.3) is 0 Å². The molecule has 0 saturated heterocycles. The molecule has 0 fully saturated rings. The molecule has 1 aromatic heterocycles. The van der Waals surface area contributed by atoms with Gasteiger partial charge in [-0.2, -0.15) is 0 Å². The molecule has 0 spiro atoms. The van der Waals surface area contributed by atoms with Crippen LogP contribution in [0.15, 0.2) is 35.7 Å². The number of methoxy groups -OCH3 is 2. The maximum atomic E-state index is 13.4. The van der Waals surface area contributed by atoms with Crippen LogP contribution in [0.2, 0.25) is 0 Å². The summed E-state index contributed by atoms with van der Waals surface area (Å²) >= 11 is 1.74. The summed E-state index contributed by atoms with van der Waals surface area (Å²) in [6.45, 7) is 4.95. The standard InChI is InChI=1S/C24H34N2O5S/c1-18-4-6-20(7-5-18)31-17-22-21-9-13-32-23(21)8-10-26(22)24(28)15-25(11-12-29-2)14-19(27)16-30-3/h4-7,9,13,19,22,27H,8,10-12,14-17H2,1-3H3/t19-,22+/m1/s1. The predicted octanol–water partition coefficient (Wildman–Crippen LogP) is 2.52. The fraction of sp³-hybridized carbons (Fsp3) is 0.542. The van der Waals surface area contributed by atoms with Gasteiger partial charge in [-0.3, -0.25) is 9.69 Å². The first-order chi connectivity index (χ1) is 15.5. The largest absolute Gasteiger partial charge is 0.491 e. The lowest BCUT2D eigenvalue weighted by atomic mass is 10.0. The number of nitrogens with zero attached hydrogens (tertiary/aromatic N) is 2. The van der Waals surface area contributed by atoms with Gasteiger partial charge < -0.3 is 24.2 Å². The Bertz CT molecular complexity index is 841. The lowest BCUT2D eigenvalue weighted by Gasteiger charge is -2.37. The molecule has 8 heteroatoms. The van der Waals surface area contributed by atoms with E-state index in [0.29, 0.717) is 32.8 Å². The molecule has 1 aromatic carbocycles. The molecule has 1 N–H and O–H groups in total. The van der Waals surface area contributed by atoms with Crippen LogP contribution in [0.3, 0.4) is 0 Å². The summed E-state index contributed by atoms with van der Waals surface area (Å²) in [5.41, 5.74) is 2.35. The molecular formula is C24H34N2O5S. The number of hydrogen-bond acceptors (Lipinski definition) is 7. The molecule has 0 bridgehead atoms. The summed E-state index contributed by atoms with van der Waals surface area (Å²) in [6, 6.07) is 9.94. The molecule has 2 atom stereocenters. The summed E-state index contributed by atoms with van der Waals surface area (Å²) in [5.74, 6) is 0.829. The number of hydrogen-bond donors (Lipinski definition) is 1. The second kappa shape index (κ2) is 12.3. The van der Waals surface area contributed by atoms with Crippen molar-refractivity contribution in [1.29, 1.82) is 0 Å². The fourth-order valence-corrected chi connectivity index (χ4v) is 4.89. The molecule has 1 aliphatic heterocycles. The number of amides is 1. The number of aliphatic hydroxyl groups excluding tert-OH is 1. The van der Waals surface area contributed by atoms with Crippen LogP contribution >= 0.6 is 11.3 Å². The first kappa shape index (κ1) is 24.7. The molecule has 0 saturated carbocycles. The highest BCUT2D eigenvalue weighted by molar-refractivity contribution is 7.10. The monoisotopic (exact) mass is 462 g/mol. The Kier molecular flexibility index (Phi) is 9.50. The quantitative estimate of drug-likeness (QED) is 0.523. The summed E-state index contributed by atoms with van der Waals surface area (Å²) < 4.78 is 16.3. The van der Waals surface area contributed by atoms with Gasteiger partial charge in [0.05, 0.1) is 31.9 Å². The van der Waals surface area contributed by atoms with Gasteiger partial charge in [0.15, 0.2) is 0 Å². The summed E-state index contributed by atoms with van der Waals surface area (Å²) in [6.07, 6.45) is 0.194. The van der Waals surface area contributed by atoms with Gasteiger partial charge in [0, 0.05) is 38.7 Å². The van der Waals surface area contributed by atoms with Gasteiger partial charge in [0.25, 0.3) is 0 Å². The lowest BCUT2D eigenvalue weighted by molar-refractivity contribution is -0.136. The maximum absolute atomic E-state index is 13.4. The van der Waals surface area contributed by atoms with Crippen LogP contribution in [-0.4, -0.2) is 87.1 Å². The highest BCUT2D eigenvalue weighted by Gasteiger charge is 2.33. The third kappa shape index (κ3) is 6.76. The van der Waals surface area contributed by atoms with Crippen LogP contribution in [0, 0.1) is 6.92 Å². The van der Waals surface area contributed by atoms with Crippen LogP contribution in [0.4, 0.5) is 0 Å². The zero-order valence-electron chi connectivity index (χ0n) is 19.2. The minimum atomic E-state index is -0.657. The Labute approximate surface area is 194 Å². The van der Waals surface area contributed by atoms with E-state index in [1.54, 1.807) is 25.6 Å². The molecule has 0 aliphatic carbocycles. The maximum Gasteiger partial charge on any atom is 0.237 e. The van der Waals surface area contributed by atoms with Gasteiger partial charge in [-0.25, -0.2) is 0 Å². The SMILES string of the molecule is COCCN(CC(=O)N1CCc2sccc2[C@@H]1COc1ccc(C)cc1)C[C@@H](O)COC. The third-order valence-electron chi connectivity index (χ3n) is 5.64. The van der Waals surface area contributed by atoms with Crippen LogP contribution in [0.1, 0.15) is 22.0 Å². The fourth-order valence-electron chi connectivity index (χ4n) is 3.96. The second-order valence-electron chi connectivity index (χ2n) is 8.11. The first-order valence-corrected chi connectivity index (χ1v) is 11.8. The van der Waals surface area contributed by atoms with Crippen molar-refractivity contribution in [1.82, 2.24) is 9.80 Å². The van der Waals surface area contributed by atoms with Crippen molar-refractivity contribution in [2.24, 2.45) is 0 Å². The van der Waals surface area contributed by atoms with E-state index in [4.69, 9.17) is 14.2 Å². The van der Waals surface area contributed by atoms with Gasteiger partial charge in [-0.15, -0.1) is 11.3 Å². The average Bonchev–Trinajstić information content (AvgIpc) is 3.26. The summed E-state index contributed by atoms with van der Waals surface area (Å²) in [4.78, 5) is 18.6. The lowest BCUT2D eigenvalue weighted by Crippen LogP contribution is -2.48. The number of aryl methyl sites for hydroxylation is 1. The van der Waals surface area contributed by atoms with E-state index < -0.39 is 6.10 Å². The number of thiophene rings is 1. The number of carbonyl (C=O) groups excluding carboxylic acids is 1. The number of ether oxygens (including phenoxy) is 3. The van der Waals surface area contributed by atoms with E-state index in [0.717, 1.165) is 12.2 Å². The molecule has 32 heavy (non-hydrogen) atoms. The van der Waals surface area contributed by atoms with Crippen molar-refractivity contribution in [2.75, 3.05) is 60.2 Å². The van der Waals surface area contributed by atoms with Gasteiger partial charge in [-0.1, -0.05) is 17.7 Å². The Morgan fingerprint density at radius 3 is 2.75 bits per heavy atom. The molecule has 0 unspecified atom stereocenters. The van der Waals surface area contributed by atoms with Gasteiger partial charge in [0.2, 0.25) is 5.91 Å². The van der Waals surface area contributed by atoms with Crippen molar-refractivity contribution in [2.45, 2.75) is 25.5 Å². The third-order valence-corrected chi connectivity index (χ3v) is 6.64. The minimum Gasteiger partial charge on any atom is -0.491 e. The molecule has 7 nitrogen and oxygen atoms in total. The predicted molar refractivity (Wildman–Crippen MR) is 125 cm³/mol. The first-order valence-electron chi connectivity index (χ1n) is 10.9. The average molecular weight is 463 g/mol. The Balaban J connectivity index is 1.70. The van der Waals surface area contributed by atoms with Crippen molar-refractivity contribution in [3.05, 3.63) is 51.7 Å². The zero-order chi connectivity index (χ0) is 22.9. The van der Waals surface area contributed by atoms with E-state index in [1.165, 1.54) is 16.0 Å². The molecule has 0 radical (unpaired) electrons. The van der Waals surface area contributed by atoms with E-state index in [-0.39, 0.29) is 25.1 Å². The molecule has 1 aliphatic rings. The number of benzene rings is 1. The molecule has 176 valence electrons. The second-order valence-corrected chi connectivity index (χ2v) is 9.11. The number of rotatable bonds is 12. The number of carbonyl (C=O) groups is 1. The van der Waals surface area contributed by atoms with Crippen molar-refractivity contribution >= 4 is 17.2 Å². The van der Waals surface area contributed by atoms with Gasteiger partial charge in [-0.05, 0) is 42.5 Å². The minimum absolute atomic E-state index is 0.0278. The Hall–Kier alpha value is -1.97. The normalized spacial score (nSPS) is 16.8. The molecule has 2 aromatic rings. The van der Waals surface area contributed by atoms with Crippen molar-refractivity contribution < 1.29 is 24.1 Å². The number of aliphatic hydroxyl groups is 1. The summed E-state index contributed by atoms with van der Waals surface area (Å²) in [5, 5.41) is 12.3. The van der Waals surface area contributed by atoms with Crippen LogP contribution < -0.4 is 4.74 Å². The molecular weight excluding hydrogens is 428 g/mol. The van der Waals surface area contributed by atoms with E-state index >= 15 is 0 Å². The highest BCUT2D eigenvalue weighted by atomic mass is 32.1. The van der Waals surface area contributed by atoms with E-state index in [9.17, 15) is 9.90 Å². The topological polar surface area (TPSA) is 71.5 Å². The Morgan fingerprint density at radius 2 is 2.03 bits per heavy atom. The summed E-state index contributed by atoms with van der Waals surface area (Å²) in [7, 11) is 3.19. The highest BCUT2D eigenvalue weighted by Crippen LogP contribution is 2.34. The van der Waals surface area contributed by atoms with Gasteiger partial charge >= 0.3 is 0 Å². The smallest absolute Gasteiger partial charge is 0.237 e. The van der Waals surface area contributed by atoms with E-state index in [2.05, 4.69) is 11.4 Å². The van der Waals surface area contributed by atoms with Gasteiger partial charge in [0.1, 0.15) is 12.4 Å². The molecule has 3 rings (SSSR count). The Morgan fingerprint density at radius 1 is 1.25 bits per heavy atom. The van der Waals surface area contributed by atoms with E-state index in [1.807, 2.05) is 41.0 Å². The zero-order valence-corrected chi connectivity index (χ0v) is 20.0. The van der Waals surface area contributed by atoms with Crippen molar-refractivity contribution in [3.63, 3.8) is 0 Å². The van der Waals surface area contributed by atoms with Crippen LogP contribution in [0.5, 0.6) is 5.75 Å². The van der Waals surface area contributed by atoms with Crippen molar-refractivity contribution in [3.8, 4) is 5.75 Å². The number of fused-ring (bicyclic) bond motifs is 1. The molecule has 1 amide bonds.